The van der Waals surface area contributed by atoms with Crippen LogP contribution < -0.4 is 10.5 Å². The van der Waals surface area contributed by atoms with Crippen LogP contribution in [0.2, 0.25) is 0 Å². The van der Waals surface area contributed by atoms with Crippen LogP contribution in [-0.2, 0) is 4.74 Å². The first-order valence-electron chi connectivity index (χ1n) is 6.59. The number of hydrogen-bond donors (Lipinski definition) is 2. The normalized spacial score (nSPS) is 20.7. The Morgan fingerprint density at radius 2 is 2.21 bits per heavy atom. The Morgan fingerprint density at radius 3 is 2.84 bits per heavy atom. The number of ether oxygens (including phenoxy) is 2. The van der Waals surface area contributed by atoms with Gasteiger partial charge in [-0.3, -0.25) is 4.90 Å². The highest BCUT2D eigenvalue weighted by atomic mass is 16.5. The summed E-state index contributed by atoms with van der Waals surface area (Å²) in [6.07, 6.45) is 0.519. The van der Waals surface area contributed by atoms with Gasteiger partial charge in [0.15, 0.2) is 0 Å². The molecule has 5 heteroatoms. The summed E-state index contributed by atoms with van der Waals surface area (Å²) < 4.78 is 10.9. The van der Waals surface area contributed by atoms with E-state index in [1.54, 1.807) is 24.3 Å². The first-order chi connectivity index (χ1) is 9.15. The molecule has 106 valence electrons. The molecule has 1 aliphatic rings. The van der Waals surface area contributed by atoms with Crippen LogP contribution in [0.5, 0.6) is 5.75 Å². The standard InChI is InChI=1S/C14H22N2O3/c1-16(12-6-7-18-9-12)8-13(17)10-19-14-4-2-11(15)3-5-14/h2-5,12-13,17H,6-10,15H2,1H3. The van der Waals surface area contributed by atoms with Gasteiger partial charge >= 0.3 is 0 Å². The van der Waals surface area contributed by atoms with Crippen molar-refractivity contribution in [3.63, 3.8) is 0 Å². The van der Waals surface area contributed by atoms with Gasteiger partial charge < -0.3 is 20.3 Å². The van der Waals surface area contributed by atoms with E-state index in [1.165, 1.54) is 0 Å². The predicted molar refractivity (Wildman–Crippen MR) is 74.2 cm³/mol. The highest BCUT2D eigenvalue weighted by Crippen LogP contribution is 2.14. The molecule has 5 nitrogen and oxygen atoms in total. The van der Waals surface area contributed by atoms with Gasteiger partial charge in [-0.05, 0) is 37.7 Å². The minimum Gasteiger partial charge on any atom is -0.491 e. The van der Waals surface area contributed by atoms with Gasteiger partial charge in [-0.2, -0.15) is 0 Å². The summed E-state index contributed by atoms with van der Waals surface area (Å²) in [5.41, 5.74) is 6.30. The Morgan fingerprint density at radius 1 is 1.47 bits per heavy atom. The summed E-state index contributed by atoms with van der Waals surface area (Å²) in [5.74, 6) is 0.722. The monoisotopic (exact) mass is 266 g/mol. The van der Waals surface area contributed by atoms with Gasteiger partial charge in [0.05, 0.1) is 6.61 Å². The molecule has 0 spiro atoms. The zero-order valence-corrected chi connectivity index (χ0v) is 11.3. The molecule has 0 radical (unpaired) electrons. The van der Waals surface area contributed by atoms with Gasteiger partial charge in [0.1, 0.15) is 18.5 Å². The summed E-state index contributed by atoms with van der Waals surface area (Å²) in [6, 6.07) is 7.58. The molecule has 1 aromatic carbocycles. The van der Waals surface area contributed by atoms with E-state index >= 15 is 0 Å². The van der Waals surface area contributed by atoms with Crippen LogP contribution in [0.25, 0.3) is 0 Å². The summed E-state index contributed by atoms with van der Waals surface area (Å²) in [4.78, 5) is 2.13. The van der Waals surface area contributed by atoms with Crippen LogP contribution in [-0.4, -0.2) is 55.6 Å². The second-order valence-electron chi connectivity index (χ2n) is 4.99. The number of aliphatic hydroxyl groups is 1. The summed E-state index contributed by atoms with van der Waals surface area (Å²) in [5, 5.41) is 9.96. The molecule has 3 N–H and O–H groups in total. The maximum absolute atomic E-state index is 9.96. The Hall–Kier alpha value is -1.30. The van der Waals surface area contributed by atoms with E-state index < -0.39 is 6.10 Å². The van der Waals surface area contributed by atoms with E-state index in [-0.39, 0.29) is 6.61 Å². The molecule has 2 rings (SSSR count). The minimum absolute atomic E-state index is 0.280. The molecule has 19 heavy (non-hydrogen) atoms. The number of likely N-dealkylation sites (N-methyl/N-ethyl adjacent to an activating group) is 1. The third kappa shape index (κ3) is 4.38. The van der Waals surface area contributed by atoms with E-state index in [2.05, 4.69) is 4.90 Å². The molecule has 1 aromatic rings. The number of hydrogen-bond acceptors (Lipinski definition) is 5. The van der Waals surface area contributed by atoms with E-state index in [9.17, 15) is 5.11 Å². The van der Waals surface area contributed by atoms with Crippen LogP contribution in [0.4, 0.5) is 5.69 Å². The maximum Gasteiger partial charge on any atom is 0.119 e. The van der Waals surface area contributed by atoms with E-state index in [1.807, 2.05) is 7.05 Å². The fourth-order valence-electron chi connectivity index (χ4n) is 2.16. The van der Waals surface area contributed by atoms with Crippen LogP contribution >= 0.6 is 0 Å². The zero-order chi connectivity index (χ0) is 13.7. The van der Waals surface area contributed by atoms with Gasteiger partial charge in [0, 0.05) is 24.9 Å². The second-order valence-corrected chi connectivity index (χ2v) is 4.99. The molecular formula is C14H22N2O3. The van der Waals surface area contributed by atoms with Crippen LogP contribution in [0.3, 0.4) is 0 Å². The lowest BCUT2D eigenvalue weighted by atomic mass is 10.2. The Kier molecular flexibility index (Phi) is 5.01. The number of nitrogens with zero attached hydrogens (tertiary/aromatic N) is 1. The molecule has 0 aliphatic carbocycles. The van der Waals surface area contributed by atoms with Crippen LogP contribution in [0, 0.1) is 0 Å². The molecule has 0 bridgehead atoms. The van der Waals surface area contributed by atoms with Crippen molar-refractivity contribution in [2.45, 2.75) is 18.6 Å². The number of anilines is 1. The molecule has 0 amide bonds. The molecule has 1 aliphatic heterocycles. The van der Waals surface area contributed by atoms with Crippen LogP contribution in [0.15, 0.2) is 24.3 Å². The van der Waals surface area contributed by atoms with Gasteiger partial charge in [0.2, 0.25) is 0 Å². The fourth-order valence-corrected chi connectivity index (χ4v) is 2.16. The van der Waals surface area contributed by atoms with Gasteiger partial charge in [-0.15, -0.1) is 0 Å². The quantitative estimate of drug-likeness (QED) is 0.743. The number of rotatable bonds is 6. The third-order valence-electron chi connectivity index (χ3n) is 3.35. The average molecular weight is 266 g/mol. The Labute approximate surface area is 113 Å². The van der Waals surface area contributed by atoms with E-state index in [0.717, 1.165) is 25.4 Å². The van der Waals surface area contributed by atoms with Crippen molar-refractivity contribution in [3.8, 4) is 5.75 Å². The van der Waals surface area contributed by atoms with Crippen molar-refractivity contribution in [2.75, 3.05) is 39.1 Å². The van der Waals surface area contributed by atoms with Crippen molar-refractivity contribution in [1.82, 2.24) is 4.90 Å². The molecular weight excluding hydrogens is 244 g/mol. The lowest BCUT2D eigenvalue weighted by molar-refractivity contribution is 0.0597. The lowest BCUT2D eigenvalue weighted by Crippen LogP contribution is -2.39. The number of benzene rings is 1. The minimum atomic E-state index is -0.511. The van der Waals surface area contributed by atoms with Crippen molar-refractivity contribution in [2.24, 2.45) is 0 Å². The molecule has 1 fully saturated rings. The zero-order valence-electron chi connectivity index (χ0n) is 11.3. The highest BCUT2D eigenvalue weighted by Gasteiger charge is 2.22. The highest BCUT2D eigenvalue weighted by molar-refractivity contribution is 5.41. The first-order valence-corrected chi connectivity index (χ1v) is 6.59. The fraction of sp³-hybridized carbons (Fsp3) is 0.571. The first kappa shape index (κ1) is 14.1. The van der Waals surface area contributed by atoms with Crippen molar-refractivity contribution < 1.29 is 14.6 Å². The Balaban J connectivity index is 1.71. The summed E-state index contributed by atoms with van der Waals surface area (Å²) in [6.45, 7) is 2.43. The van der Waals surface area contributed by atoms with Gasteiger partial charge in [-0.1, -0.05) is 0 Å². The number of aliphatic hydroxyl groups excluding tert-OH is 1. The van der Waals surface area contributed by atoms with Crippen molar-refractivity contribution in [3.05, 3.63) is 24.3 Å². The average Bonchev–Trinajstić information content (AvgIpc) is 2.92. The maximum atomic E-state index is 9.96. The number of nitrogen functional groups attached to an aromatic ring is 1. The smallest absolute Gasteiger partial charge is 0.119 e. The molecule has 0 aromatic heterocycles. The van der Waals surface area contributed by atoms with Crippen molar-refractivity contribution >= 4 is 5.69 Å². The second kappa shape index (κ2) is 6.75. The molecule has 1 heterocycles. The SMILES string of the molecule is CN(CC(O)COc1ccc(N)cc1)C1CCOC1. The van der Waals surface area contributed by atoms with E-state index in [4.69, 9.17) is 15.2 Å². The van der Waals surface area contributed by atoms with E-state index in [0.29, 0.717) is 18.3 Å². The summed E-state index contributed by atoms with van der Waals surface area (Å²) in [7, 11) is 2.01. The van der Waals surface area contributed by atoms with Crippen LogP contribution in [0.1, 0.15) is 6.42 Å². The Bertz CT molecular complexity index is 377. The molecule has 2 atom stereocenters. The van der Waals surface area contributed by atoms with Gasteiger partial charge in [-0.25, -0.2) is 0 Å². The lowest BCUT2D eigenvalue weighted by Gasteiger charge is -2.25. The summed E-state index contributed by atoms with van der Waals surface area (Å²) >= 11 is 0. The third-order valence-corrected chi connectivity index (χ3v) is 3.35. The van der Waals surface area contributed by atoms with Gasteiger partial charge in [0.25, 0.3) is 0 Å². The number of nitrogens with two attached hydrogens (primary N) is 1. The van der Waals surface area contributed by atoms with Crippen molar-refractivity contribution in [1.29, 1.82) is 0 Å². The molecule has 1 saturated heterocycles. The predicted octanol–water partition coefficient (Wildman–Crippen LogP) is 0.729. The molecule has 0 saturated carbocycles. The largest absolute Gasteiger partial charge is 0.491 e. The molecule has 2 unspecified atom stereocenters. The topological polar surface area (TPSA) is 68.0 Å².